The van der Waals surface area contributed by atoms with Crippen molar-refractivity contribution in [3.05, 3.63) is 41.4 Å². The lowest BCUT2D eigenvalue weighted by Crippen LogP contribution is -2.50. The summed E-state index contributed by atoms with van der Waals surface area (Å²) in [5.74, 6) is 0.383. The van der Waals surface area contributed by atoms with Gasteiger partial charge in [0.05, 0.1) is 6.54 Å². The summed E-state index contributed by atoms with van der Waals surface area (Å²) in [4.78, 5) is 19.4. The van der Waals surface area contributed by atoms with Crippen LogP contribution in [-0.4, -0.2) is 59.6 Å². The third kappa shape index (κ3) is 4.93. The molecule has 1 aromatic heterocycles. The Morgan fingerprint density at radius 1 is 1.16 bits per heavy atom. The third-order valence-electron chi connectivity index (χ3n) is 3.78. The molecule has 5 nitrogen and oxygen atoms in total. The molecule has 0 N–H and O–H groups in total. The van der Waals surface area contributed by atoms with E-state index in [1.807, 2.05) is 0 Å². The number of hydrogen-bond donors (Lipinski definition) is 0. The quantitative estimate of drug-likeness (QED) is 0.828. The second kappa shape index (κ2) is 7.40. The van der Waals surface area contributed by atoms with Crippen LogP contribution in [0.5, 0.6) is 10.9 Å². The predicted octanol–water partition coefficient (Wildman–Crippen LogP) is 3.26. The smallest absolute Gasteiger partial charge is 0.401 e. The molecule has 1 fully saturated rings. The Balaban J connectivity index is 1.55. The molecular weight excluding hydrogens is 355 g/mol. The number of carbonyl (C=O) groups is 1. The molecule has 0 radical (unpaired) electrons. The van der Waals surface area contributed by atoms with E-state index in [1.54, 1.807) is 40.7 Å². The van der Waals surface area contributed by atoms with E-state index in [-0.39, 0.29) is 32.1 Å². The Kier molecular flexibility index (Phi) is 5.24. The molecule has 1 amide bonds. The zero-order chi connectivity index (χ0) is 17.9. The van der Waals surface area contributed by atoms with Crippen LogP contribution in [0.1, 0.15) is 10.4 Å². The lowest BCUT2D eigenvalue weighted by Gasteiger charge is -2.35. The van der Waals surface area contributed by atoms with Gasteiger partial charge in [0.2, 0.25) is 0 Å². The van der Waals surface area contributed by atoms with Gasteiger partial charge in [0.25, 0.3) is 11.1 Å². The number of amides is 1. The van der Waals surface area contributed by atoms with Gasteiger partial charge in [-0.1, -0.05) is 11.3 Å². The number of carbonyl (C=O) groups excluding carboxylic acids is 1. The Labute approximate surface area is 146 Å². The fourth-order valence-electron chi connectivity index (χ4n) is 2.57. The molecule has 134 valence electrons. The molecule has 1 aromatic carbocycles. The van der Waals surface area contributed by atoms with Crippen molar-refractivity contribution in [1.82, 2.24) is 14.8 Å². The third-order valence-corrected chi connectivity index (χ3v) is 4.43. The zero-order valence-corrected chi connectivity index (χ0v) is 14.0. The van der Waals surface area contributed by atoms with Crippen LogP contribution in [0, 0.1) is 0 Å². The van der Waals surface area contributed by atoms with E-state index in [2.05, 4.69) is 4.98 Å². The normalized spacial score (nSPS) is 16.0. The van der Waals surface area contributed by atoms with E-state index in [0.717, 1.165) is 0 Å². The number of nitrogens with zero attached hydrogens (tertiary/aromatic N) is 3. The van der Waals surface area contributed by atoms with Crippen LogP contribution >= 0.6 is 11.3 Å². The van der Waals surface area contributed by atoms with Gasteiger partial charge in [-0.3, -0.25) is 9.69 Å². The Morgan fingerprint density at radius 2 is 1.84 bits per heavy atom. The minimum absolute atomic E-state index is 0.188. The highest BCUT2D eigenvalue weighted by molar-refractivity contribution is 7.11. The summed E-state index contributed by atoms with van der Waals surface area (Å²) in [5, 5.41) is 2.31. The molecule has 1 saturated heterocycles. The van der Waals surface area contributed by atoms with Crippen LogP contribution in [0.25, 0.3) is 0 Å². The van der Waals surface area contributed by atoms with Gasteiger partial charge in [-0.25, -0.2) is 4.98 Å². The number of halogens is 3. The van der Waals surface area contributed by atoms with E-state index in [1.165, 1.54) is 16.2 Å². The fourth-order valence-corrected chi connectivity index (χ4v) is 3.08. The maximum absolute atomic E-state index is 12.5. The zero-order valence-electron chi connectivity index (χ0n) is 13.2. The van der Waals surface area contributed by atoms with Crippen molar-refractivity contribution in [2.45, 2.75) is 6.18 Å². The van der Waals surface area contributed by atoms with E-state index in [9.17, 15) is 18.0 Å². The number of hydrogen-bond acceptors (Lipinski definition) is 5. The average Bonchev–Trinajstić information content (AvgIpc) is 3.07. The predicted molar refractivity (Wildman–Crippen MR) is 87.0 cm³/mol. The summed E-state index contributed by atoms with van der Waals surface area (Å²) in [7, 11) is 0. The summed E-state index contributed by atoms with van der Waals surface area (Å²) in [6.45, 7) is 0.0728. The van der Waals surface area contributed by atoms with Crippen LogP contribution in [-0.2, 0) is 0 Å². The van der Waals surface area contributed by atoms with E-state index >= 15 is 0 Å². The number of ether oxygens (including phenoxy) is 1. The number of alkyl halides is 3. The number of piperazine rings is 1. The van der Waals surface area contributed by atoms with Crippen molar-refractivity contribution in [3.8, 4) is 10.9 Å². The molecule has 3 rings (SSSR count). The SMILES string of the molecule is O=C(c1ccc(Oc2nccs2)cc1)N1CCN(CC(F)(F)F)CC1. The average molecular weight is 371 g/mol. The number of thiazole rings is 1. The first-order valence-electron chi connectivity index (χ1n) is 7.66. The number of aromatic nitrogens is 1. The van der Waals surface area contributed by atoms with Crippen LogP contribution in [0.3, 0.4) is 0 Å². The molecule has 2 heterocycles. The first kappa shape index (κ1) is 17.7. The Bertz CT molecular complexity index is 696. The van der Waals surface area contributed by atoms with Crippen LogP contribution in [0.2, 0.25) is 0 Å². The minimum Gasteiger partial charge on any atom is -0.431 e. The van der Waals surface area contributed by atoms with Crippen molar-refractivity contribution in [2.24, 2.45) is 0 Å². The van der Waals surface area contributed by atoms with E-state index < -0.39 is 12.7 Å². The molecule has 25 heavy (non-hydrogen) atoms. The van der Waals surface area contributed by atoms with Crippen LogP contribution in [0.15, 0.2) is 35.8 Å². The maximum atomic E-state index is 12.5. The van der Waals surface area contributed by atoms with Gasteiger partial charge in [0.1, 0.15) is 5.75 Å². The highest BCUT2D eigenvalue weighted by atomic mass is 32.1. The van der Waals surface area contributed by atoms with Gasteiger partial charge >= 0.3 is 6.18 Å². The van der Waals surface area contributed by atoms with Gasteiger partial charge in [0.15, 0.2) is 0 Å². The second-order valence-corrected chi connectivity index (χ2v) is 6.47. The number of benzene rings is 1. The largest absolute Gasteiger partial charge is 0.431 e. The first-order chi connectivity index (χ1) is 11.9. The Hall–Kier alpha value is -2.13. The molecular formula is C16H16F3N3O2S. The van der Waals surface area contributed by atoms with Crippen molar-refractivity contribution in [1.29, 1.82) is 0 Å². The van der Waals surface area contributed by atoms with Gasteiger partial charge in [-0.2, -0.15) is 13.2 Å². The van der Waals surface area contributed by atoms with E-state index in [0.29, 0.717) is 16.5 Å². The van der Waals surface area contributed by atoms with Crippen molar-refractivity contribution in [2.75, 3.05) is 32.7 Å². The highest BCUT2D eigenvalue weighted by Crippen LogP contribution is 2.24. The van der Waals surface area contributed by atoms with Gasteiger partial charge in [0, 0.05) is 43.3 Å². The van der Waals surface area contributed by atoms with Crippen molar-refractivity contribution in [3.63, 3.8) is 0 Å². The topological polar surface area (TPSA) is 45.7 Å². The minimum atomic E-state index is -4.21. The molecule has 9 heteroatoms. The van der Waals surface area contributed by atoms with Gasteiger partial charge in [-0.15, -0.1) is 0 Å². The summed E-state index contributed by atoms with van der Waals surface area (Å²) in [6.07, 6.45) is -2.57. The molecule has 1 aliphatic rings. The molecule has 0 unspecified atom stereocenters. The molecule has 0 spiro atoms. The fraction of sp³-hybridized carbons (Fsp3) is 0.375. The van der Waals surface area contributed by atoms with E-state index in [4.69, 9.17) is 4.74 Å². The highest BCUT2D eigenvalue weighted by Gasteiger charge is 2.32. The maximum Gasteiger partial charge on any atom is 0.401 e. The van der Waals surface area contributed by atoms with Crippen molar-refractivity contribution >= 4 is 17.2 Å². The molecule has 0 saturated carbocycles. The second-order valence-electron chi connectivity index (χ2n) is 5.61. The standard InChI is InChI=1S/C16H16F3N3O2S/c17-16(18,19)11-21-6-8-22(9-7-21)14(23)12-1-3-13(4-2-12)24-15-20-5-10-25-15/h1-5,10H,6-9,11H2. The lowest BCUT2D eigenvalue weighted by atomic mass is 10.1. The molecule has 0 atom stereocenters. The molecule has 0 aliphatic carbocycles. The number of rotatable bonds is 4. The summed E-state index contributed by atoms with van der Waals surface area (Å²) >= 11 is 1.36. The lowest BCUT2D eigenvalue weighted by molar-refractivity contribution is -0.148. The molecule has 2 aromatic rings. The Morgan fingerprint density at radius 3 is 2.40 bits per heavy atom. The van der Waals surface area contributed by atoms with Gasteiger partial charge < -0.3 is 9.64 Å². The van der Waals surface area contributed by atoms with Crippen molar-refractivity contribution < 1.29 is 22.7 Å². The van der Waals surface area contributed by atoms with Gasteiger partial charge in [-0.05, 0) is 24.3 Å². The summed E-state index contributed by atoms with van der Waals surface area (Å²) < 4.78 is 42.7. The van der Waals surface area contributed by atoms with Crippen LogP contribution < -0.4 is 4.74 Å². The first-order valence-corrected chi connectivity index (χ1v) is 8.54. The molecule has 0 bridgehead atoms. The van der Waals surface area contributed by atoms with Crippen LogP contribution in [0.4, 0.5) is 13.2 Å². The monoisotopic (exact) mass is 371 g/mol. The molecule has 1 aliphatic heterocycles. The summed E-state index contributed by atoms with van der Waals surface area (Å²) in [6, 6.07) is 6.64. The summed E-state index contributed by atoms with van der Waals surface area (Å²) in [5.41, 5.74) is 0.482.